The van der Waals surface area contributed by atoms with Crippen molar-refractivity contribution in [1.29, 1.82) is 0 Å². The first-order chi connectivity index (χ1) is 5.43. The van der Waals surface area contributed by atoms with Crippen molar-refractivity contribution in [3.63, 3.8) is 0 Å². The van der Waals surface area contributed by atoms with Crippen LogP contribution >= 0.6 is 0 Å². The van der Waals surface area contributed by atoms with Gasteiger partial charge in [-0.3, -0.25) is 9.59 Å². The molecular weight excluding hydrogens is 156 g/mol. The van der Waals surface area contributed by atoms with Gasteiger partial charge in [0.15, 0.2) is 0 Å². The highest BCUT2D eigenvalue weighted by Crippen LogP contribution is 1.89. The van der Waals surface area contributed by atoms with Gasteiger partial charge in [0, 0.05) is 32.8 Å². The number of amides is 2. The van der Waals surface area contributed by atoms with E-state index in [4.69, 9.17) is 0 Å². The minimum Gasteiger partial charge on any atom is -0.345 e. The first kappa shape index (κ1) is 10.7. The summed E-state index contributed by atoms with van der Waals surface area (Å²) in [5.74, 6) is -0.309. The fraction of sp³-hybridized carbons (Fsp3) is 0.500. The molecule has 4 heteroatoms. The van der Waals surface area contributed by atoms with Crippen LogP contribution in [-0.2, 0) is 9.59 Å². The molecule has 0 spiro atoms. The minimum absolute atomic E-state index is 0.138. The number of nitrogens with one attached hydrogen (secondary N) is 1. The minimum atomic E-state index is -0.171. The van der Waals surface area contributed by atoms with E-state index < -0.39 is 0 Å². The van der Waals surface area contributed by atoms with E-state index in [-0.39, 0.29) is 11.8 Å². The molecule has 0 fully saturated rings. The van der Waals surface area contributed by atoms with E-state index in [0.29, 0.717) is 5.70 Å². The van der Waals surface area contributed by atoms with E-state index in [0.717, 1.165) is 0 Å². The van der Waals surface area contributed by atoms with Crippen molar-refractivity contribution >= 4 is 11.8 Å². The van der Waals surface area contributed by atoms with Crippen LogP contribution in [0.1, 0.15) is 13.8 Å². The quantitative estimate of drug-likeness (QED) is 0.598. The SMILES string of the molecule is CC(=O)N/C(C)=C\C(=O)N(C)C. The average Bonchev–Trinajstić information content (AvgIpc) is 1.84. The number of carbonyl (C=O) groups is 2. The number of nitrogens with zero attached hydrogens (tertiary/aromatic N) is 1. The standard InChI is InChI=1S/C8H14N2O2/c1-6(9-7(2)11)5-8(12)10(3)4/h5H,1-4H3,(H,9,11)/b6-5-. The number of hydrogen-bond acceptors (Lipinski definition) is 2. The molecule has 68 valence electrons. The zero-order valence-corrected chi connectivity index (χ0v) is 7.84. The normalized spacial score (nSPS) is 10.8. The molecule has 1 N–H and O–H groups in total. The summed E-state index contributed by atoms with van der Waals surface area (Å²) in [4.78, 5) is 23.0. The van der Waals surface area contributed by atoms with Crippen LogP contribution in [0.15, 0.2) is 11.8 Å². The van der Waals surface area contributed by atoms with Crippen LogP contribution in [0.25, 0.3) is 0 Å². The lowest BCUT2D eigenvalue weighted by molar-refractivity contribution is -0.123. The van der Waals surface area contributed by atoms with Gasteiger partial charge in [-0.15, -0.1) is 0 Å². The molecule has 12 heavy (non-hydrogen) atoms. The fourth-order valence-electron chi connectivity index (χ4n) is 0.628. The highest BCUT2D eigenvalue weighted by Gasteiger charge is 2.00. The summed E-state index contributed by atoms with van der Waals surface area (Å²) in [6.07, 6.45) is 1.38. The lowest BCUT2D eigenvalue weighted by Gasteiger charge is -2.07. The summed E-state index contributed by atoms with van der Waals surface area (Å²) < 4.78 is 0. The first-order valence-electron chi connectivity index (χ1n) is 3.60. The summed E-state index contributed by atoms with van der Waals surface area (Å²) in [6.45, 7) is 3.07. The van der Waals surface area contributed by atoms with Crippen LogP contribution in [0.3, 0.4) is 0 Å². The number of likely N-dealkylation sites (N-methyl/N-ethyl adjacent to an activating group) is 1. The summed E-state index contributed by atoms with van der Waals surface area (Å²) in [5.41, 5.74) is 0.557. The van der Waals surface area contributed by atoms with Gasteiger partial charge in [0.1, 0.15) is 0 Å². The van der Waals surface area contributed by atoms with Gasteiger partial charge in [-0.2, -0.15) is 0 Å². The van der Waals surface area contributed by atoms with E-state index >= 15 is 0 Å². The van der Waals surface area contributed by atoms with Crippen molar-refractivity contribution in [2.75, 3.05) is 14.1 Å². The molecule has 0 bridgehead atoms. The van der Waals surface area contributed by atoms with Crippen LogP contribution in [0.5, 0.6) is 0 Å². The van der Waals surface area contributed by atoms with Crippen molar-refractivity contribution in [2.24, 2.45) is 0 Å². The van der Waals surface area contributed by atoms with Gasteiger partial charge in [-0.05, 0) is 6.92 Å². The van der Waals surface area contributed by atoms with Gasteiger partial charge < -0.3 is 10.2 Å². The smallest absolute Gasteiger partial charge is 0.247 e. The third kappa shape index (κ3) is 4.49. The molecule has 0 rings (SSSR count). The zero-order chi connectivity index (χ0) is 9.72. The Morgan fingerprint density at radius 2 is 1.75 bits per heavy atom. The van der Waals surface area contributed by atoms with Gasteiger partial charge in [0.25, 0.3) is 0 Å². The molecule has 0 radical (unpaired) electrons. The van der Waals surface area contributed by atoms with Gasteiger partial charge >= 0.3 is 0 Å². The maximum absolute atomic E-state index is 11.0. The molecule has 0 aromatic rings. The molecule has 0 saturated carbocycles. The summed E-state index contributed by atoms with van der Waals surface area (Å²) in [7, 11) is 3.31. The molecule has 0 aliphatic heterocycles. The number of allylic oxidation sites excluding steroid dienone is 1. The molecular formula is C8H14N2O2. The summed E-state index contributed by atoms with van der Waals surface area (Å²) in [5, 5.41) is 2.50. The van der Waals surface area contributed by atoms with Crippen molar-refractivity contribution in [1.82, 2.24) is 10.2 Å². The summed E-state index contributed by atoms with van der Waals surface area (Å²) >= 11 is 0. The Morgan fingerprint density at radius 3 is 2.08 bits per heavy atom. The Kier molecular flexibility index (Phi) is 4.04. The van der Waals surface area contributed by atoms with Gasteiger partial charge in [-0.1, -0.05) is 0 Å². The molecule has 0 heterocycles. The number of rotatable bonds is 2. The van der Waals surface area contributed by atoms with Gasteiger partial charge in [0.05, 0.1) is 0 Å². The average molecular weight is 170 g/mol. The Morgan fingerprint density at radius 1 is 1.25 bits per heavy atom. The second-order valence-corrected chi connectivity index (χ2v) is 2.74. The van der Waals surface area contributed by atoms with Gasteiger partial charge in [-0.25, -0.2) is 0 Å². The van der Waals surface area contributed by atoms with E-state index in [1.807, 2.05) is 0 Å². The molecule has 0 aliphatic carbocycles. The largest absolute Gasteiger partial charge is 0.345 e. The molecule has 0 aromatic carbocycles. The topological polar surface area (TPSA) is 49.4 Å². The predicted molar refractivity (Wildman–Crippen MR) is 46.3 cm³/mol. The second-order valence-electron chi connectivity index (χ2n) is 2.74. The van der Waals surface area contributed by atoms with Crippen LogP contribution in [0.2, 0.25) is 0 Å². The van der Waals surface area contributed by atoms with E-state index in [9.17, 15) is 9.59 Å². The highest BCUT2D eigenvalue weighted by molar-refractivity contribution is 5.88. The Labute approximate surface area is 72.2 Å². The van der Waals surface area contributed by atoms with Crippen LogP contribution in [0, 0.1) is 0 Å². The van der Waals surface area contributed by atoms with Crippen molar-refractivity contribution in [3.8, 4) is 0 Å². The van der Waals surface area contributed by atoms with Crippen molar-refractivity contribution < 1.29 is 9.59 Å². The predicted octanol–water partition coefficient (Wildman–Crippen LogP) is 0.115. The summed E-state index contributed by atoms with van der Waals surface area (Å²) in [6, 6.07) is 0. The molecule has 0 unspecified atom stereocenters. The Balaban J connectivity index is 4.16. The van der Waals surface area contributed by atoms with Crippen LogP contribution < -0.4 is 5.32 Å². The monoisotopic (exact) mass is 170 g/mol. The lowest BCUT2D eigenvalue weighted by Crippen LogP contribution is -2.23. The van der Waals surface area contributed by atoms with E-state index in [1.54, 1.807) is 21.0 Å². The van der Waals surface area contributed by atoms with E-state index in [1.165, 1.54) is 17.9 Å². The molecule has 0 aromatic heterocycles. The fourth-order valence-corrected chi connectivity index (χ4v) is 0.628. The third-order valence-electron chi connectivity index (χ3n) is 1.15. The number of carbonyl (C=O) groups excluding carboxylic acids is 2. The second kappa shape index (κ2) is 4.54. The first-order valence-corrected chi connectivity index (χ1v) is 3.60. The van der Waals surface area contributed by atoms with E-state index in [2.05, 4.69) is 5.32 Å². The molecule has 2 amide bonds. The van der Waals surface area contributed by atoms with Crippen LogP contribution in [-0.4, -0.2) is 30.8 Å². The van der Waals surface area contributed by atoms with Crippen molar-refractivity contribution in [2.45, 2.75) is 13.8 Å². The molecule has 0 saturated heterocycles. The lowest BCUT2D eigenvalue weighted by atomic mass is 10.4. The molecule has 0 atom stereocenters. The maximum Gasteiger partial charge on any atom is 0.247 e. The van der Waals surface area contributed by atoms with Crippen LogP contribution in [0.4, 0.5) is 0 Å². The van der Waals surface area contributed by atoms with Gasteiger partial charge in [0.2, 0.25) is 11.8 Å². The third-order valence-corrected chi connectivity index (χ3v) is 1.15. The number of hydrogen-bond donors (Lipinski definition) is 1. The zero-order valence-electron chi connectivity index (χ0n) is 7.84. The molecule has 0 aliphatic rings. The molecule has 4 nitrogen and oxygen atoms in total. The highest BCUT2D eigenvalue weighted by atomic mass is 16.2. The van der Waals surface area contributed by atoms with Crippen molar-refractivity contribution in [3.05, 3.63) is 11.8 Å². The Bertz CT molecular complexity index is 219. The maximum atomic E-state index is 11.0. The Hall–Kier alpha value is -1.32.